The van der Waals surface area contributed by atoms with E-state index < -0.39 is 6.10 Å². The van der Waals surface area contributed by atoms with E-state index in [1.807, 2.05) is 4.57 Å². The maximum atomic E-state index is 9.81. The smallest absolute Gasteiger partial charge is 0.166 e. The molecule has 1 aliphatic heterocycles. The molecule has 1 saturated heterocycles. The average molecular weight is 267 g/mol. The molecule has 2 aromatic heterocycles. The summed E-state index contributed by atoms with van der Waals surface area (Å²) < 4.78 is 1.87. The van der Waals surface area contributed by atoms with Crippen LogP contribution in [0.5, 0.6) is 0 Å². The number of aromatic nitrogens is 4. The molecule has 4 N–H and O–H groups in total. The molecular weight excluding hydrogens is 254 g/mol. The van der Waals surface area contributed by atoms with E-state index in [0.29, 0.717) is 23.4 Å². The van der Waals surface area contributed by atoms with Gasteiger partial charge in [-0.15, -0.1) is 11.8 Å². The fourth-order valence-corrected chi connectivity index (χ4v) is 3.51. The normalized spacial score (nSPS) is 28.0. The van der Waals surface area contributed by atoms with Crippen LogP contribution in [0.1, 0.15) is 11.8 Å². The molecule has 96 valence electrons. The SMILES string of the molecule is Nc1ncnc2c1ncn2[C@@H]1C[C@H](O)[C@@H](CO)S1. The van der Waals surface area contributed by atoms with Crippen molar-refractivity contribution < 1.29 is 10.2 Å². The van der Waals surface area contributed by atoms with Crippen LogP contribution in [-0.2, 0) is 0 Å². The van der Waals surface area contributed by atoms with Crippen LogP contribution in [0.4, 0.5) is 5.82 Å². The van der Waals surface area contributed by atoms with E-state index in [-0.39, 0.29) is 17.2 Å². The monoisotopic (exact) mass is 267 g/mol. The summed E-state index contributed by atoms with van der Waals surface area (Å²) in [4.78, 5) is 12.3. The van der Waals surface area contributed by atoms with E-state index in [1.165, 1.54) is 18.1 Å². The van der Waals surface area contributed by atoms with Gasteiger partial charge in [0.15, 0.2) is 11.5 Å². The number of nitrogens with two attached hydrogens (primary N) is 1. The molecule has 2 aromatic rings. The van der Waals surface area contributed by atoms with Crippen molar-refractivity contribution >= 4 is 28.7 Å². The second kappa shape index (κ2) is 4.38. The first kappa shape index (κ1) is 11.7. The summed E-state index contributed by atoms with van der Waals surface area (Å²) in [7, 11) is 0. The zero-order valence-corrected chi connectivity index (χ0v) is 10.3. The van der Waals surface area contributed by atoms with Gasteiger partial charge in [0.05, 0.1) is 29.7 Å². The zero-order chi connectivity index (χ0) is 12.7. The first-order chi connectivity index (χ1) is 8.70. The highest BCUT2D eigenvalue weighted by atomic mass is 32.2. The minimum atomic E-state index is -0.512. The molecule has 0 spiro atoms. The number of aliphatic hydroxyl groups excluding tert-OH is 2. The van der Waals surface area contributed by atoms with Gasteiger partial charge in [0.2, 0.25) is 0 Å². The van der Waals surface area contributed by atoms with Crippen molar-refractivity contribution in [3.05, 3.63) is 12.7 Å². The Morgan fingerprint density at radius 2 is 2.28 bits per heavy atom. The fraction of sp³-hybridized carbons (Fsp3) is 0.500. The van der Waals surface area contributed by atoms with Crippen LogP contribution in [0.2, 0.25) is 0 Å². The van der Waals surface area contributed by atoms with Crippen LogP contribution in [-0.4, -0.2) is 47.7 Å². The fourth-order valence-electron chi connectivity index (χ4n) is 2.13. The molecule has 3 heterocycles. The summed E-state index contributed by atoms with van der Waals surface area (Å²) in [5.74, 6) is 0.348. The zero-order valence-electron chi connectivity index (χ0n) is 9.47. The standard InChI is InChI=1S/C10H13N5O2S/c11-9-8-10(13-3-12-9)15(4-14-8)7-1-5(17)6(2-16)18-7/h3-7,16-17H,1-2H2,(H2,11,12,13)/t5-,6+,7-/m0/s1. The Morgan fingerprint density at radius 3 is 3.00 bits per heavy atom. The van der Waals surface area contributed by atoms with Gasteiger partial charge in [0.25, 0.3) is 0 Å². The molecule has 0 unspecified atom stereocenters. The number of hydrogen-bond donors (Lipinski definition) is 3. The first-order valence-electron chi connectivity index (χ1n) is 5.58. The molecule has 0 saturated carbocycles. The topological polar surface area (TPSA) is 110 Å². The molecule has 1 aliphatic rings. The molecule has 0 aromatic carbocycles. The van der Waals surface area contributed by atoms with Crippen molar-refractivity contribution in [1.82, 2.24) is 19.5 Å². The Kier molecular flexibility index (Phi) is 2.84. The quantitative estimate of drug-likeness (QED) is 0.689. The van der Waals surface area contributed by atoms with E-state index in [4.69, 9.17) is 10.8 Å². The predicted octanol–water partition coefficient (Wildman–Crippen LogP) is -0.234. The largest absolute Gasteiger partial charge is 0.395 e. The molecule has 0 bridgehead atoms. The summed E-state index contributed by atoms with van der Waals surface area (Å²) in [6, 6.07) is 0. The van der Waals surface area contributed by atoms with Crippen molar-refractivity contribution in [2.45, 2.75) is 23.1 Å². The number of nitrogen functional groups attached to an aromatic ring is 1. The molecule has 3 rings (SSSR count). The van der Waals surface area contributed by atoms with Crippen molar-refractivity contribution in [1.29, 1.82) is 0 Å². The Bertz CT molecular complexity index is 574. The second-order valence-corrected chi connectivity index (χ2v) is 5.62. The third-order valence-electron chi connectivity index (χ3n) is 3.08. The Labute approximate surface area is 107 Å². The van der Waals surface area contributed by atoms with Gasteiger partial charge in [-0.25, -0.2) is 15.0 Å². The molecule has 3 atom stereocenters. The van der Waals surface area contributed by atoms with Gasteiger partial charge >= 0.3 is 0 Å². The number of thioether (sulfide) groups is 1. The van der Waals surface area contributed by atoms with Gasteiger partial charge in [-0.3, -0.25) is 0 Å². The summed E-state index contributed by atoms with van der Waals surface area (Å²) >= 11 is 1.52. The average Bonchev–Trinajstić information content (AvgIpc) is 2.93. The highest BCUT2D eigenvalue weighted by Gasteiger charge is 2.35. The van der Waals surface area contributed by atoms with Crippen molar-refractivity contribution in [2.24, 2.45) is 0 Å². The van der Waals surface area contributed by atoms with Crippen molar-refractivity contribution in [2.75, 3.05) is 12.3 Å². The third kappa shape index (κ3) is 1.73. The number of aliphatic hydroxyl groups is 2. The molecule has 1 fully saturated rings. The van der Waals surface area contributed by atoms with Crippen LogP contribution in [0.15, 0.2) is 12.7 Å². The van der Waals surface area contributed by atoms with Gasteiger partial charge in [-0.1, -0.05) is 0 Å². The Hall–Kier alpha value is -1.38. The maximum absolute atomic E-state index is 9.81. The minimum Gasteiger partial charge on any atom is -0.395 e. The second-order valence-electron chi connectivity index (χ2n) is 4.20. The number of hydrogen-bond acceptors (Lipinski definition) is 7. The lowest BCUT2D eigenvalue weighted by Gasteiger charge is -2.11. The Morgan fingerprint density at radius 1 is 1.44 bits per heavy atom. The van der Waals surface area contributed by atoms with Gasteiger partial charge < -0.3 is 20.5 Å². The van der Waals surface area contributed by atoms with E-state index in [0.717, 1.165) is 0 Å². The highest BCUT2D eigenvalue weighted by molar-refractivity contribution is 8.00. The predicted molar refractivity (Wildman–Crippen MR) is 67.9 cm³/mol. The lowest BCUT2D eigenvalue weighted by Crippen LogP contribution is -2.20. The number of nitrogens with zero attached hydrogens (tertiary/aromatic N) is 4. The van der Waals surface area contributed by atoms with Crippen LogP contribution in [0.3, 0.4) is 0 Å². The molecule has 8 heteroatoms. The molecule has 0 aliphatic carbocycles. The molecule has 18 heavy (non-hydrogen) atoms. The van der Waals surface area contributed by atoms with Crippen LogP contribution >= 0.6 is 11.8 Å². The van der Waals surface area contributed by atoms with E-state index in [2.05, 4.69) is 15.0 Å². The maximum Gasteiger partial charge on any atom is 0.166 e. The number of anilines is 1. The number of imidazole rings is 1. The lowest BCUT2D eigenvalue weighted by atomic mass is 10.2. The van der Waals surface area contributed by atoms with Gasteiger partial charge in [-0.2, -0.15) is 0 Å². The van der Waals surface area contributed by atoms with Crippen molar-refractivity contribution in [3.63, 3.8) is 0 Å². The van der Waals surface area contributed by atoms with E-state index in [1.54, 1.807) is 6.33 Å². The van der Waals surface area contributed by atoms with E-state index in [9.17, 15) is 5.11 Å². The summed E-state index contributed by atoms with van der Waals surface area (Å²) in [6.45, 7) is -0.0356. The summed E-state index contributed by atoms with van der Waals surface area (Å²) in [5, 5.41) is 18.8. The molecule has 7 nitrogen and oxygen atoms in total. The van der Waals surface area contributed by atoms with Gasteiger partial charge in [-0.05, 0) is 0 Å². The van der Waals surface area contributed by atoms with Gasteiger partial charge in [0.1, 0.15) is 11.8 Å². The molecule has 0 radical (unpaired) electrons. The third-order valence-corrected chi connectivity index (χ3v) is 4.63. The van der Waals surface area contributed by atoms with Crippen LogP contribution in [0, 0.1) is 0 Å². The number of fused-ring (bicyclic) bond motifs is 1. The minimum absolute atomic E-state index is 0.0106. The van der Waals surface area contributed by atoms with Crippen LogP contribution < -0.4 is 5.73 Å². The molecular formula is C10H13N5O2S. The van der Waals surface area contributed by atoms with Crippen LogP contribution in [0.25, 0.3) is 11.2 Å². The first-order valence-corrected chi connectivity index (χ1v) is 6.52. The Balaban J connectivity index is 1.99. The number of rotatable bonds is 2. The lowest BCUT2D eigenvalue weighted by molar-refractivity contribution is 0.138. The molecule has 0 amide bonds. The van der Waals surface area contributed by atoms with Gasteiger partial charge in [0, 0.05) is 6.42 Å². The summed E-state index contributed by atoms with van der Waals surface area (Å²) in [6.07, 6.45) is 3.10. The summed E-state index contributed by atoms with van der Waals surface area (Å²) in [5.41, 5.74) is 6.95. The van der Waals surface area contributed by atoms with E-state index >= 15 is 0 Å². The van der Waals surface area contributed by atoms with Crippen molar-refractivity contribution in [3.8, 4) is 0 Å². The highest BCUT2D eigenvalue weighted by Crippen LogP contribution is 2.42.